The number of rotatable bonds is 4. The Morgan fingerprint density at radius 3 is 2.52 bits per heavy atom. The van der Waals surface area contributed by atoms with Gasteiger partial charge in [0.1, 0.15) is 12.1 Å². The Kier molecular flexibility index (Phi) is 5.27. The molecular formula is C20H25FN4O2. The van der Waals surface area contributed by atoms with Gasteiger partial charge in [-0.1, -0.05) is 12.1 Å². The number of piperazine rings is 1. The van der Waals surface area contributed by atoms with E-state index in [9.17, 15) is 9.18 Å². The number of nitrogens with one attached hydrogen (secondary N) is 1. The highest BCUT2D eigenvalue weighted by atomic mass is 19.1. The number of hydrogen-bond donors (Lipinski definition) is 1. The minimum Gasteiger partial charge on any atom is -0.432 e. The molecule has 1 saturated carbocycles. The van der Waals surface area contributed by atoms with Gasteiger partial charge in [0, 0.05) is 38.1 Å². The number of aromatic nitrogens is 1. The first-order chi connectivity index (χ1) is 13.2. The molecule has 4 rings (SSSR count). The highest BCUT2D eigenvalue weighted by Crippen LogP contribution is 2.28. The summed E-state index contributed by atoms with van der Waals surface area (Å²) >= 11 is 0. The maximum Gasteiger partial charge on any atom is 0.294 e. The van der Waals surface area contributed by atoms with Gasteiger partial charge in [-0.2, -0.15) is 0 Å². The molecule has 0 bridgehead atoms. The first-order valence-electron chi connectivity index (χ1n) is 9.65. The molecule has 27 heavy (non-hydrogen) atoms. The van der Waals surface area contributed by atoms with Crippen molar-refractivity contribution in [3.8, 4) is 0 Å². The SMILES string of the molecule is O=C(C1CCC(Nc2ncco2)CC1)N1CCN(c2ccccc2F)CC1. The summed E-state index contributed by atoms with van der Waals surface area (Å²) in [4.78, 5) is 20.9. The summed E-state index contributed by atoms with van der Waals surface area (Å²) in [6.07, 6.45) is 6.81. The lowest BCUT2D eigenvalue weighted by molar-refractivity contribution is -0.136. The fourth-order valence-corrected chi connectivity index (χ4v) is 4.09. The Balaban J connectivity index is 1.26. The van der Waals surface area contributed by atoms with Crippen molar-refractivity contribution in [2.75, 3.05) is 36.4 Å². The monoisotopic (exact) mass is 372 g/mol. The van der Waals surface area contributed by atoms with Crippen molar-refractivity contribution in [2.45, 2.75) is 31.7 Å². The average Bonchev–Trinajstić information content (AvgIpc) is 3.22. The zero-order chi connectivity index (χ0) is 18.6. The smallest absolute Gasteiger partial charge is 0.294 e. The molecule has 0 radical (unpaired) electrons. The summed E-state index contributed by atoms with van der Waals surface area (Å²) in [7, 11) is 0. The summed E-state index contributed by atoms with van der Waals surface area (Å²) in [5, 5.41) is 3.28. The van der Waals surface area contributed by atoms with E-state index >= 15 is 0 Å². The topological polar surface area (TPSA) is 61.6 Å². The fraction of sp³-hybridized carbons (Fsp3) is 0.500. The Morgan fingerprint density at radius 1 is 1.11 bits per heavy atom. The van der Waals surface area contributed by atoms with E-state index in [2.05, 4.69) is 10.3 Å². The third-order valence-corrected chi connectivity index (χ3v) is 5.62. The Morgan fingerprint density at radius 2 is 1.85 bits per heavy atom. The van der Waals surface area contributed by atoms with Crippen molar-refractivity contribution >= 4 is 17.6 Å². The van der Waals surface area contributed by atoms with Crippen molar-refractivity contribution < 1.29 is 13.6 Å². The van der Waals surface area contributed by atoms with Crippen LogP contribution < -0.4 is 10.2 Å². The second kappa shape index (κ2) is 7.98. The molecule has 7 heteroatoms. The summed E-state index contributed by atoms with van der Waals surface area (Å²) in [6, 6.07) is 7.69. The molecule has 2 fully saturated rings. The second-order valence-electron chi connectivity index (χ2n) is 7.29. The van der Waals surface area contributed by atoms with Crippen LogP contribution in [0.15, 0.2) is 41.1 Å². The molecule has 2 aliphatic rings. The molecule has 1 aliphatic carbocycles. The third-order valence-electron chi connectivity index (χ3n) is 5.62. The van der Waals surface area contributed by atoms with Gasteiger partial charge >= 0.3 is 0 Å². The first-order valence-corrected chi connectivity index (χ1v) is 9.65. The Labute approximate surface area is 158 Å². The van der Waals surface area contributed by atoms with Gasteiger partial charge in [-0.25, -0.2) is 9.37 Å². The number of carbonyl (C=O) groups is 1. The van der Waals surface area contributed by atoms with E-state index in [1.54, 1.807) is 24.6 Å². The molecular weight excluding hydrogens is 347 g/mol. The quantitative estimate of drug-likeness (QED) is 0.893. The fourth-order valence-electron chi connectivity index (χ4n) is 4.09. The van der Waals surface area contributed by atoms with Gasteiger partial charge in [-0.05, 0) is 37.8 Å². The number of hydrogen-bond acceptors (Lipinski definition) is 5. The van der Waals surface area contributed by atoms with Crippen LogP contribution in [0.25, 0.3) is 0 Å². The lowest BCUT2D eigenvalue weighted by atomic mass is 9.85. The van der Waals surface area contributed by atoms with E-state index in [0.29, 0.717) is 43.9 Å². The normalized spacial score (nSPS) is 23.3. The van der Waals surface area contributed by atoms with E-state index < -0.39 is 0 Å². The number of halogens is 1. The third kappa shape index (κ3) is 4.07. The molecule has 0 spiro atoms. The van der Waals surface area contributed by atoms with Crippen LogP contribution in [0.2, 0.25) is 0 Å². The minimum atomic E-state index is -0.200. The molecule has 1 aromatic heterocycles. The standard InChI is InChI=1S/C20H25FN4O2/c21-17-3-1-2-4-18(17)24-10-12-25(13-11-24)19(26)15-5-7-16(8-6-15)23-20-22-9-14-27-20/h1-4,9,14-16H,5-8,10-13H2,(H,22,23). The number of para-hydroxylation sites is 1. The molecule has 6 nitrogen and oxygen atoms in total. The molecule has 1 saturated heterocycles. The number of anilines is 2. The van der Waals surface area contributed by atoms with Crippen LogP contribution in [-0.2, 0) is 4.79 Å². The van der Waals surface area contributed by atoms with Crippen LogP contribution in [0, 0.1) is 11.7 Å². The van der Waals surface area contributed by atoms with Crippen LogP contribution in [0.5, 0.6) is 0 Å². The van der Waals surface area contributed by atoms with Crippen molar-refractivity contribution in [1.29, 1.82) is 0 Å². The zero-order valence-corrected chi connectivity index (χ0v) is 15.3. The first kappa shape index (κ1) is 17.8. The summed E-state index contributed by atoms with van der Waals surface area (Å²) in [5.41, 5.74) is 0.628. The van der Waals surface area contributed by atoms with Crippen molar-refractivity contribution in [3.63, 3.8) is 0 Å². The van der Waals surface area contributed by atoms with Gasteiger partial charge in [-0.3, -0.25) is 4.79 Å². The lowest BCUT2D eigenvalue weighted by Crippen LogP contribution is -2.51. The van der Waals surface area contributed by atoms with Gasteiger partial charge in [0.15, 0.2) is 0 Å². The number of benzene rings is 1. The van der Waals surface area contributed by atoms with Gasteiger partial charge in [0.2, 0.25) is 5.91 Å². The highest BCUT2D eigenvalue weighted by molar-refractivity contribution is 5.79. The van der Waals surface area contributed by atoms with Crippen molar-refractivity contribution in [3.05, 3.63) is 42.5 Å². The average molecular weight is 372 g/mol. The Hall–Kier alpha value is -2.57. The predicted octanol–water partition coefficient (Wildman–Crippen LogP) is 3.13. The van der Waals surface area contributed by atoms with E-state index in [0.717, 1.165) is 25.7 Å². The van der Waals surface area contributed by atoms with Gasteiger partial charge in [0.05, 0.1) is 11.9 Å². The summed E-state index contributed by atoms with van der Waals surface area (Å²) < 4.78 is 19.2. The number of nitrogens with zero attached hydrogens (tertiary/aromatic N) is 3. The molecule has 144 valence electrons. The van der Waals surface area contributed by atoms with Crippen LogP contribution in [0.3, 0.4) is 0 Å². The molecule has 1 aliphatic heterocycles. The lowest BCUT2D eigenvalue weighted by Gasteiger charge is -2.38. The number of amides is 1. The van der Waals surface area contributed by atoms with Gasteiger partial charge in [-0.15, -0.1) is 0 Å². The molecule has 0 unspecified atom stereocenters. The van der Waals surface area contributed by atoms with E-state index in [4.69, 9.17) is 4.42 Å². The van der Waals surface area contributed by atoms with Gasteiger partial charge < -0.3 is 19.5 Å². The molecule has 0 atom stereocenters. The van der Waals surface area contributed by atoms with Crippen LogP contribution in [0.4, 0.5) is 16.1 Å². The molecule has 2 aromatic rings. The van der Waals surface area contributed by atoms with E-state index in [1.165, 1.54) is 6.07 Å². The van der Waals surface area contributed by atoms with Crippen molar-refractivity contribution in [2.24, 2.45) is 5.92 Å². The highest BCUT2D eigenvalue weighted by Gasteiger charge is 2.31. The number of carbonyl (C=O) groups excluding carboxylic acids is 1. The summed E-state index contributed by atoms with van der Waals surface area (Å²) in [6.45, 7) is 2.66. The van der Waals surface area contributed by atoms with E-state index in [-0.39, 0.29) is 17.6 Å². The second-order valence-corrected chi connectivity index (χ2v) is 7.29. The van der Waals surface area contributed by atoms with Crippen LogP contribution in [0.1, 0.15) is 25.7 Å². The maximum atomic E-state index is 14.0. The zero-order valence-electron chi connectivity index (χ0n) is 15.3. The molecule has 1 aromatic carbocycles. The van der Waals surface area contributed by atoms with Gasteiger partial charge in [0.25, 0.3) is 6.01 Å². The van der Waals surface area contributed by atoms with Crippen LogP contribution >= 0.6 is 0 Å². The Bertz CT molecular complexity index is 751. The minimum absolute atomic E-state index is 0.0904. The molecule has 1 N–H and O–H groups in total. The number of oxazole rings is 1. The summed E-state index contributed by atoms with van der Waals surface area (Å²) in [5.74, 6) is 0.138. The molecule has 2 heterocycles. The van der Waals surface area contributed by atoms with E-state index in [1.807, 2.05) is 15.9 Å². The van der Waals surface area contributed by atoms with Crippen LogP contribution in [-0.4, -0.2) is 48.0 Å². The maximum absolute atomic E-state index is 14.0. The molecule has 1 amide bonds. The van der Waals surface area contributed by atoms with Crippen molar-refractivity contribution in [1.82, 2.24) is 9.88 Å². The predicted molar refractivity (Wildman–Crippen MR) is 101 cm³/mol. The largest absolute Gasteiger partial charge is 0.432 e.